The molecule has 0 unspecified atom stereocenters. The molecule has 2 aromatic heterocycles. The topological polar surface area (TPSA) is 99.6 Å². The van der Waals surface area contributed by atoms with Gasteiger partial charge in [-0.15, -0.1) is 0 Å². The zero-order valence-electron chi connectivity index (χ0n) is 9.26. The SMILES string of the molecule is Cc1nn(CC(N)=O)nc1-c1nc(Cl)ncc1F. The molecule has 2 rings (SSSR count). The number of rotatable bonds is 3. The van der Waals surface area contributed by atoms with Crippen LogP contribution >= 0.6 is 11.6 Å². The van der Waals surface area contributed by atoms with Crippen LogP contribution in [0.3, 0.4) is 0 Å². The Labute approximate surface area is 106 Å². The predicted octanol–water partition coefficient (Wildman–Crippen LogP) is 0.321. The Balaban J connectivity index is 2.47. The van der Waals surface area contributed by atoms with E-state index in [2.05, 4.69) is 20.2 Å². The van der Waals surface area contributed by atoms with Gasteiger partial charge in [0.15, 0.2) is 5.82 Å². The Morgan fingerprint density at radius 2 is 2.22 bits per heavy atom. The van der Waals surface area contributed by atoms with Crippen molar-refractivity contribution in [2.75, 3.05) is 0 Å². The first-order valence-corrected chi connectivity index (χ1v) is 5.23. The smallest absolute Gasteiger partial charge is 0.241 e. The number of aryl methyl sites for hydroxylation is 1. The molecular weight excluding hydrogens is 263 g/mol. The standard InChI is InChI=1S/C9H8ClFN6O/c1-4-7(16-17(15-4)3-6(12)18)8-5(11)2-13-9(10)14-8/h2H,3H2,1H3,(H2,12,18). The van der Waals surface area contributed by atoms with E-state index in [0.717, 1.165) is 11.0 Å². The van der Waals surface area contributed by atoms with Gasteiger partial charge in [-0.1, -0.05) is 0 Å². The second-order valence-corrected chi connectivity index (χ2v) is 3.80. The van der Waals surface area contributed by atoms with Gasteiger partial charge in [0.1, 0.15) is 17.9 Å². The first-order valence-electron chi connectivity index (χ1n) is 4.86. The number of halogens is 2. The summed E-state index contributed by atoms with van der Waals surface area (Å²) < 4.78 is 13.6. The van der Waals surface area contributed by atoms with Crippen molar-refractivity contribution in [3.63, 3.8) is 0 Å². The summed E-state index contributed by atoms with van der Waals surface area (Å²) in [7, 11) is 0. The molecule has 0 aliphatic heterocycles. The normalized spacial score (nSPS) is 10.6. The van der Waals surface area contributed by atoms with E-state index in [0.29, 0.717) is 5.69 Å². The first-order chi connectivity index (χ1) is 8.47. The van der Waals surface area contributed by atoms with Crippen molar-refractivity contribution in [2.24, 2.45) is 5.73 Å². The van der Waals surface area contributed by atoms with E-state index in [1.807, 2.05) is 0 Å². The van der Waals surface area contributed by atoms with E-state index in [1.165, 1.54) is 0 Å². The molecule has 2 heterocycles. The second kappa shape index (κ2) is 4.65. The number of nitrogens with two attached hydrogens (primary N) is 1. The third kappa shape index (κ3) is 2.43. The summed E-state index contributed by atoms with van der Waals surface area (Å²) in [4.78, 5) is 19.1. The Kier molecular flexibility index (Phi) is 3.19. The average molecular weight is 271 g/mol. The van der Waals surface area contributed by atoms with Crippen molar-refractivity contribution >= 4 is 17.5 Å². The second-order valence-electron chi connectivity index (χ2n) is 3.47. The highest BCUT2D eigenvalue weighted by Crippen LogP contribution is 2.21. The summed E-state index contributed by atoms with van der Waals surface area (Å²) >= 11 is 5.59. The molecule has 0 atom stereocenters. The zero-order chi connectivity index (χ0) is 13.3. The fraction of sp³-hybridized carbons (Fsp3) is 0.222. The van der Waals surface area contributed by atoms with Crippen LogP contribution in [0.15, 0.2) is 6.20 Å². The van der Waals surface area contributed by atoms with Crippen LogP contribution in [0.25, 0.3) is 11.4 Å². The van der Waals surface area contributed by atoms with E-state index in [9.17, 15) is 9.18 Å². The average Bonchev–Trinajstić information content (AvgIpc) is 2.62. The summed E-state index contributed by atoms with van der Waals surface area (Å²) in [6.07, 6.45) is 0.942. The van der Waals surface area contributed by atoms with Crippen molar-refractivity contribution in [1.29, 1.82) is 0 Å². The fourth-order valence-electron chi connectivity index (χ4n) is 1.37. The lowest BCUT2D eigenvalue weighted by atomic mass is 10.2. The van der Waals surface area contributed by atoms with E-state index in [4.69, 9.17) is 17.3 Å². The lowest BCUT2D eigenvalue weighted by molar-refractivity contribution is -0.118. The number of hydrogen-bond acceptors (Lipinski definition) is 5. The molecule has 18 heavy (non-hydrogen) atoms. The number of carbonyl (C=O) groups excluding carboxylic acids is 1. The molecule has 2 aromatic rings. The number of hydrogen-bond donors (Lipinski definition) is 1. The lowest BCUT2D eigenvalue weighted by Gasteiger charge is -1.98. The van der Waals surface area contributed by atoms with Gasteiger partial charge < -0.3 is 5.73 Å². The van der Waals surface area contributed by atoms with Crippen LogP contribution in [0.4, 0.5) is 4.39 Å². The third-order valence-corrected chi connectivity index (χ3v) is 2.24. The van der Waals surface area contributed by atoms with E-state index in [-0.39, 0.29) is 23.2 Å². The highest BCUT2D eigenvalue weighted by molar-refractivity contribution is 6.28. The summed E-state index contributed by atoms with van der Waals surface area (Å²) in [5, 5.41) is 7.77. The van der Waals surface area contributed by atoms with Crippen LogP contribution in [0.5, 0.6) is 0 Å². The molecule has 0 bridgehead atoms. The Bertz CT molecular complexity index is 613. The van der Waals surface area contributed by atoms with Crippen LogP contribution in [-0.2, 0) is 11.3 Å². The van der Waals surface area contributed by atoms with Gasteiger partial charge in [0.2, 0.25) is 11.2 Å². The Hall–Kier alpha value is -2.09. The molecule has 1 amide bonds. The monoisotopic (exact) mass is 270 g/mol. The quantitative estimate of drug-likeness (QED) is 0.810. The minimum absolute atomic E-state index is 0.0665. The van der Waals surface area contributed by atoms with Gasteiger partial charge in [-0.3, -0.25) is 4.79 Å². The van der Waals surface area contributed by atoms with Gasteiger partial charge in [-0.05, 0) is 18.5 Å². The number of amides is 1. The van der Waals surface area contributed by atoms with Gasteiger partial charge in [-0.25, -0.2) is 14.4 Å². The summed E-state index contributed by atoms with van der Waals surface area (Å²) in [5.41, 5.74) is 5.55. The van der Waals surface area contributed by atoms with Crippen LogP contribution in [-0.4, -0.2) is 30.9 Å². The van der Waals surface area contributed by atoms with E-state index >= 15 is 0 Å². The molecule has 0 aliphatic rings. The summed E-state index contributed by atoms with van der Waals surface area (Å²) in [6.45, 7) is 1.41. The fourth-order valence-corrected chi connectivity index (χ4v) is 1.50. The van der Waals surface area contributed by atoms with Crippen LogP contribution in [0.2, 0.25) is 5.28 Å². The van der Waals surface area contributed by atoms with Gasteiger partial charge in [0.05, 0.1) is 11.9 Å². The van der Waals surface area contributed by atoms with Crippen molar-refractivity contribution < 1.29 is 9.18 Å². The highest BCUT2D eigenvalue weighted by Gasteiger charge is 2.17. The van der Waals surface area contributed by atoms with Crippen molar-refractivity contribution in [2.45, 2.75) is 13.5 Å². The molecule has 0 spiro atoms. The van der Waals surface area contributed by atoms with Crippen molar-refractivity contribution in [1.82, 2.24) is 25.0 Å². The summed E-state index contributed by atoms with van der Waals surface area (Å²) in [6, 6.07) is 0. The minimum atomic E-state index is -0.673. The van der Waals surface area contributed by atoms with Gasteiger partial charge in [0.25, 0.3) is 0 Å². The molecule has 2 N–H and O–H groups in total. The maximum atomic E-state index is 13.6. The molecule has 0 saturated heterocycles. The van der Waals surface area contributed by atoms with Gasteiger partial charge >= 0.3 is 0 Å². The lowest BCUT2D eigenvalue weighted by Crippen LogP contribution is -2.20. The molecule has 0 radical (unpaired) electrons. The van der Waals surface area contributed by atoms with E-state index < -0.39 is 11.7 Å². The largest absolute Gasteiger partial charge is 0.368 e. The van der Waals surface area contributed by atoms with Crippen LogP contribution < -0.4 is 5.73 Å². The molecule has 0 aromatic carbocycles. The summed E-state index contributed by atoms with van der Waals surface area (Å²) in [5.74, 6) is -1.27. The van der Waals surface area contributed by atoms with Gasteiger partial charge in [0, 0.05) is 0 Å². The highest BCUT2D eigenvalue weighted by atomic mass is 35.5. The predicted molar refractivity (Wildman–Crippen MR) is 59.9 cm³/mol. The zero-order valence-corrected chi connectivity index (χ0v) is 10.0. The number of primary amides is 1. The maximum Gasteiger partial charge on any atom is 0.241 e. The van der Waals surface area contributed by atoms with E-state index in [1.54, 1.807) is 6.92 Å². The molecule has 9 heteroatoms. The minimum Gasteiger partial charge on any atom is -0.368 e. The first kappa shape index (κ1) is 12.4. The number of carbonyl (C=O) groups is 1. The molecule has 0 fully saturated rings. The third-order valence-electron chi connectivity index (χ3n) is 2.06. The van der Waals surface area contributed by atoms with Crippen molar-refractivity contribution in [3.8, 4) is 11.4 Å². The maximum absolute atomic E-state index is 13.6. The van der Waals surface area contributed by atoms with Crippen LogP contribution in [0.1, 0.15) is 5.69 Å². The molecule has 7 nitrogen and oxygen atoms in total. The number of aromatic nitrogens is 5. The number of nitrogens with zero attached hydrogens (tertiary/aromatic N) is 5. The van der Waals surface area contributed by atoms with Crippen molar-refractivity contribution in [3.05, 3.63) is 23.0 Å². The van der Waals surface area contributed by atoms with Gasteiger partial charge in [-0.2, -0.15) is 15.0 Å². The Morgan fingerprint density at radius 3 is 2.89 bits per heavy atom. The molecule has 0 saturated carbocycles. The Morgan fingerprint density at radius 1 is 1.50 bits per heavy atom. The molecule has 0 aliphatic carbocycles. The van der Waals surface area contributed by atoms with Crippen LogP contribution in [0, 0.1) is 12.7 Å². The molecule has 94 valence electrons. The molecular formula is C9H8ClFN6O.